The summed E-state index contributed by atoms with van der Waals surface area (Å²) >= 11 is 0. The van der Waals surface area contributed by atoms with Crippen LogP contribution in [0.5, 0.6) is 5.75 Å². The molecule has 0 unspecified atom stereocenters. The van der Waals surface area contributed by atoms with Crippen molar-refractivity contribution in [3.8, 4) is 5.75 Å². The van der Waals surface area contributed by atoms with Gasteiger partial charge in [0.05, 0.1) is 12.2 Å². The average Bonchev–Trinajstić information content (AvgIpc) is 2.78. The topological polar surface area (TPSA) is 70.1 Å². The molecule has 0 bridgehead atoms. The maximum atomic E-state index is 13.1. The molecule has 1 aliphatic rings. The maximum absolute atomic E-state index is 13.1. The van der Waals surface area contributed by atoms with Crippen LogP contribution in [0.2, 0.25) is 0 Å². The van der Waals surface area contributed by atoms with Crippen LogP contribution in [0, 0.1) is 11.2 Å². The third-order valence-electron chi connectivity index (χ3n) is 5.87. The van der Waals surface area contributed by atoms with E-state index in [4.69, 9.17) is 9.84 Å². The molecule has 1 fully saturated rings. The molecule has 0 aliphatic carbocycles. The minimum Gasteiger partial charge on any atom is -0.494 e. The molecule has 7 heteroatoms. The van der Waals surface area contributed by atoms with Crippen molar-refractivity contribution in [3.63, 3.8) is 0 Å². The number of carbonyl (C=O) groups is 2. The molecule has 172 valence electrons. The number of hydrogen-bond acceptors (Lipinski definition) is 4. The van der Waals surface area contributed by atoms with E-state index in [0.717, 1.165) is 31.6 Å². The smallest absolute Gasteiger partial charge is 0.335 e. The van der Waals surface area contributed by atoms with Crippen LogP contribution in [0.4, 0.5) is 4.39 Å². The highest BCUT2D eigenvalue weighted by atomic mass is 19.1. The Morgan fingerprint density at radius 3 is 2.22 bits per heavy atom. The fraction of sp³-hybridized carbons (Fsp3) is 0.440. The number of piperazine rings is 1. The lowest BCUT2D eigenvalue weighted by molar-refractivity contribution is -0.142. The van der Waals surface area contributed by atoms with Gasteiger partial charge in [0.25, 0.3) is 0 Å². The third kappa shape index (κ3) is 6.53. The minimum atomic E-state index is -0.923. The molecule has 0 aromatic heterocycles. The fourth-order valence-electron chi connectivity index (χ4n) is 3.89. The number of nitrogens with zero attached hydrogens (tertiary/aromatic N) is 2. The van der Waals surface area contributed by atoms with E-state index in [9.17, 15) is 14.0 Å². The summed E-state index contributed by atoms with van der Waals surface area (Å²) < 4.78 is 18.6. The van der Waals surface area contributed by atoms with E-state index >= 15 is 0 Å². The zero-order valence-corrected chi connectivity index (χ0v) is 18.7. The van der Waals surface area contributed by atoms with Gasteiger partial charge in [0.15, 0.2) is 0 Å². The van der Waals surface area contributed by atoms with E-state index < -0.39 is 11.4 Å². The molecule has 0 spiro atoms. The average molecular weight is 443 g/mol. The van der Waals surface area contributed by atoms with E-state index in [1.165, 1.54) is 12.1 Å². The highest BCUT2D eigenvalue weighted by Crippen LogP contribution is 2.26. The molecule has 3 rings (SSSR count). The zero-order chi connectivity index (χ0) is 23.1. The molecule has 6 nitrogen and oxygen atoms in total. The molecule has 32 heavy (non-hydrogen) atoms. The summed E-state index contributed by atoms with van der Waals surface area (Å²) in [5.74, 6) is -0.428. The number of carboxylic acid groups (broad SMARTS) is 1. The predicted octanol–water partition coefficient (Wildman–Crippen LogP) is 4.05. The number of hydrogen-bond donors (Lipinski definition) is 1. The van der Waals surface area contributed by atoms with E-state index in [1.807, 2.05) is 30.9 Å². The number of aromatic carboxylic acids is 1. The normalized spacial score (nSPS) is 14.9. The summed E-state index contributed by atoms with van der Waals surface area (Å²) in [5.41, 5.74) is 0.881. The van der Waals surface area contributed by atoms with Gasteiger partial charge in [-0.2, -0.15) is 0 Å². The Morgan fingerprint density at radius 2 is 1.62 bits per heavy atom. The van der Waals surface area contributed by atoms with Crippen LogP contribution in [0.15, 0.2) is 48.5 Å². The molecule has 2 aromatic carbocycles. The lowest BCUT2D eigenvalue weighted by Crippen LogP contribution is -2.51. The molecule has 1 aliphatic heterocycles. The Kier molecular flexibility index (Phi) is 7.85. The number of carboxylic acids is 1. The summed E-state index contributed by atoms with van der Waals surface area (Å²) in [6.07, 6.45) is 1.45. The van der Waals surface area contributed by atoms with Crippen molar-refractivity contribution in [1.29, 1.82) is 0 Å². The first-order valence-electron chi connectivity index (χ1n) is 11.0. The summed E-state index contributed by atoms with van der Waals surface area (Å²) in [7, 11) is 0. The third-order valence-corrected chi connectivity index (χ3v) is 5.87. The van der Waals surface area contributed by atoms with E-state index in [1.54, 1.807) is 24.3 Å². The molecule has 1 N–H and O–H groups in total. The van der Waals surface area contributed by atoms with Gasteiger partial charge in [-0.15, -0.1) is 0 Å². The van der Waals surface area contributed by atoms with Crippen LogP contribution >= 0.6 is 0 Å². The number of benzene rings is 2. The van der Waals surface area contributed by atoms with Gasteiger partial charge < -0.3 is 14.7 Å². The first kappa shape index (κ1) is 23.7. The minimum absolute atomic E-state index is 0.157. The molecule has 0 radical (unpaired) electrons. The van der Waals surface area contributed by atoms with Gasteiger partial charge >= 0.3 is 5.97 Å². The second kappa shape index (κ2) is 10.6. The second-order valence-corrected chi connectivity index (χ2v) is 8.86. The molecule has 2 aromatic rings. The van der Waals surface area contributed by atoms with Crippen LogP contribution < -0.4 is 4.74 Å². The quantitative estimate of drug-likeness (QED) is 0.594. The van der Waals surface area contributed by atoms with Crippen LogP contribution in [0.3, 0.4) is 0 Å². The number of halogens is 1. The van der Waals surface area contributed by atoms with Crippen molar-refractivity contribution in [3.05, 3.63) is 65.5 Å². The summed E-state index contributed by atoms with van der Waals surface area (Å²) in [4.78, 5) is 28.2. The van der Waals surface area contributed by atoms with Crippen LogP contribution in [-0.4, -0.2) is 59.6 Å². The predicted molar refractivity (Wildman–Crippen MR) is 120 cm³/mol. The van der Waals surface area contributed by atoms with Gasteiger partial charge in [-0.3, -0.25) is 9.69 Å². The van der Waals surface area contributed by atoms with Gasteiger partial charge in [0.2, 0.25) is 5.91 Å². The molecule has 0 atom stereocenters. The van der Waals surface area contributed by atoms with Crippen molar-refractivity contribution >= 4 is 11.9 Å². The molecule has 1 heterocycles. The van der Waals surface area contributed by atoms with Crippen molar-refractivity contribution in [2.24, 2.45) is 5.41 Å². The zero-order valence-electron chi connectivity index (χ0n) is 18.7. The highest BCUT2D eigenvalue weighted by molar-refractivity contribution is 5.87. The number of carbonyl (C=O) groups excluding carboxylic acids is 1. The Bertz CT molecular complexity index is 905. The molecular weight excluding hydrogens is 411 g/mol. The van der Waals surface area contributed by atoms with Crippen molar-refractivity contribution in [2.45, 2.75) is 33.2 Å². The van der Waals surface area contributed by atoms with Gasteiger partial charge in [0.1, 0.15) is 11.6 Å². The summed E-state index contributed by atoms with van der Waals surface area (Å²) in [5, 5.41) is 9.01. The first-order chi connectivity index (χ1) is 15.2. The number of amides is 1. The Labute approximate surface area is 188 Å². The van der Waals surface area contributed by atoms with Crippen LogP contribution in [0.25, 0.3) is 0 Å². The van der Waals surface area contributed by atoms with Crippen molar-refractivity contribution in [2.75, 3.05) is 32.8 Å². The standard InChI is InChI=1S/C25H31FN2O4/c1-25(2,12-3-17-32-22-10-8-21(26)9-11-22)24(31)28-15-13-27(14-16-28)18-19-4-6-20(7-5-19)23(29)30/h4-11H,3,12-18H2,1-2H3,(H,29,30). The van der Waals surface area contributed by atoms with Gasteiger partial charge in [-0.05, 0) is 54.8 Å². The fourth-order valence-corrected chi connectivity index (χ4v) is 3.89. The van der Waals surface area contributed by atoms with Crippen molar-refractivity contribution in [1.82, 2.24) is 9.80 Å². The SMILES string of the molecule is CC(C)(CCCOc1ccc(F)cc1)C(=O)N1CCN(Cc2ccc(C(=O)O)cc2)CC1. The van der Waals surface area contributed by atoms with E-state index in [2.05, 4.69) is 4.90 Å². The van der Waals surface area contributed by atoms with Crippen LogP contribution in [0.1, 0.15) is 42.6 Å². The summed E-state index contributed by atoms with van der Waals surface area (Å²) in [6, 6.07) is 12.9. The molecule has 1 saturated heterocycles. The molecule has 1 amide bonds. The lowest BCUT2D eigenvalue weighted by atomic mass is 9.86. The van der Waals surface area contributed by atoms with Crippen LogP contribution in [-0.2, 0) is 11.3 Å². The first-order valence-corrected chi connectivity index (χ1v) is 11.0. The maximum Gasteiger partial charge on any atom is 0.335 e. The van der Waals surface area contributed by atoms with Crippen molar-refractivity contribution < 1.29 is 23.8 Å². The molecular formula is C25H31FN2O4. The Morgan fingerprint density at radius 1 is 1.00 bits per heavy atom. The monoisotopic (exact) mass is 442 g/mol. The molecule has 0 saturated carbocycles. The van der Waals surface area contributed by atoms with E-state index in [-0.39, 0.29) is 17.3 Å². The highest BCUT2D eigenvalue weighted by Gasteiger charge is 2.33. The lowest BCUT2D eigenvalue weighted by Gasteiger charge is -2.38. The summed E-state index contributed by atoms with van der Waals surface area (Å²) in [6.45, 7) is 8.12. The van der Waals surface area contributed by atoms with Gasteiger partial charge in [-0.1, -0.05) is 26.0 Å². The van der Waals surface area contributed by atoms with Gasteiger partial charge in [-0.25, -0.2) is 9.18 Å². The van der Waals surface area contributed by atoms with Gasteiger partial charge in [0, 0.05) is 38.1 Å². The van der Waals surface area contributed by atoms with E-state index in [0.29, 0.717) is 31.9 Å². The second-order valence-electron chi connectivity index (χ2n) is 8.86. The Balaban J connectivity index is 1.41. The largest absolute Gasteiger partial charge is 0.494 e. The number of rotatable bonds is 9. The Hall–Kier alpha value is -2.93. The number of ether oxygens (including phenoxy) is 1.